The Balaban J connectivity index is 2.04. The first-order valence-electron chi connectivity index (χ1n) is 11.8. The maximum absolute atomic E-state index is 14.0. The Labute approximate surface area is 195 Å². The first-order valence-corrected chi connectivity index (χ1v) is 11.8. The molecule has 7 heteroatoms. The highest BCUT2D eigenvalue weighted by atomic mass is 16.6. The van der Waals surface area contributed by atoms with Crippen LogP contribution in [0.5, 0.6) is 0 Å². The summed E-state index contributed by atoms with van der Waals surface area (Å²) in [6.07, 6.45) is 2.18. The van der Waals surface area contributed by atoms with Crippen LogP contribution in [0.15, 0.2) is 12.2 Å². The van der Waals surface area contributed by atoms with Crippen LogP contribution in [-0.4, -0.2) is 46.9 Å². The van der Waals surface area contributed by atoms with Crippen LogP contribution in [0.25, 0.3) is 0 Å². The summed E-state index contributed by atoms with van der Waals surface area (Å²) in [6, 6.07) is 0. The maximum atomic E-state index is 14.0. The molecule has 7 atom stereocenters. The van der Waals surface area contributed by atoms with E-state index >= 15 is 0 Å². The molecule has 1 heterocycles. The zero-order valence-electron chi connectivity index (χ0n) is 20.8. The van der Waals surface area contributed by atoms with Gasteiger partial charge < -0.3 is 14.6 Å². The SMILES string of the molecule is C=C1C2(C)CC3C4(C)CCC(=O)OC(C)(C)C4CCC3(C)C1(C(=O)OC)C(=O)C(C)(O)C2=O. The Bertz CT molecular complexity index is 983. The van der Waals surface area contributed by atoms with E-state index in [2.05, 4.69) is 13.5 Å². The van der Waals surface area contributed by atoms with Crippen molar-refractivity contribution in [2.75, 3.05) is 7.11 Å². The number of rotatable bonds is 1. The lowest BCUT2D eigenvalue weighted by Gasteiger charge is -2.70. The third kappa shape index (κ3) is 2.50. The van der Waals surface area contributed by atoms with Crippen LogP contribution in [0.4, 0.5) is 0 Å². The fraction of sp³-hybridized carbons (Fsp3) is 0.769. The number of esters is 2. The van der Waals surface area contributed by atoms with Crippen molar-refractivity contribution in [1.29, 1.82) is 0 Å². The quantitative estimate of drug-likeness (QED) is 0.364. The number of hydrogen-bond acceptors (Lipinski definition) is 7. The zero-order chi connectivity index (χ0) is 25.0. The van der Waals surface area contributed by atoms with Crippen LogP contribution in [0.3, 0.4) is 0 Å². The van der Waals surface area contributed by atoms with Gasteiger partial charge in [-0.05, 0) is 75.7 Å². The van der Waals surface area contributed by atoms with Crippen molar-refractivity contribution in [3.63, 3.8) is 0 Å². The van der Waals surface area contributed by atoms with E-state index in [1.54, 1.807) is 6.92 Å². The third-order valence-corrected chi connectivity index (χ3v) is 10.2. The zero-order valence-corrected chi connectivity index (χ0v) is 20.8. The summed E-state index contributed by atoms with van der Waals surface area (Å²) in [6.45, 7) is 14.9. The maximum Gasteiger partial charge on any atom is 0.324 e. The summed E-state index contributed by atoms with van der Waals surface area (Å²) in [4.78, 5) is 53.7. The highest BCUT2D eigenvalue weighted by Crippen LogP contribution is 2.75. The molecule has 0 radical (unpaired) electrons. The first-order chi connectivity index (χ1) is 15.0. The molecular weight excluding hydrogens is 424 g/mol. The fourth-order valence-electron chi connectivity index (χ4n) is 8.63. The summed E-state index contributed by atoms with van der Waals surface area (Å²) in [7, 11) is 1.22. The monoisotopic (exact) mass is 460 g/mol. The Kier molecular flexibility index (Phi) is 4.79. The van der Waals surface area contributed by atoms with Crippen molar-refractivity contribution in [2.45, 2.75) is 84.8 Å². The molecule has 0 aromatic carbocycles. The van der Waals surface area contributed by atoms with Gasteiger partial charge in [-0.1, -0.05) is 20.4 Å². The van der Waals surface area contributed by atoms with Crippen LogP contribution in [0.1, 0.15) is 73.6 Å². The number of Topliss-reactive ketones (excluding diaryl/α,β-unsaturated/α-hetero) is 2. The molecule has 4 fully saturated rings. The van der Waals surface area contributed by atoms with Gasteiger partial charge >= 0.3 is 11.9 Å². The number of methoxy groups -OCH3 is 1. The minimum Gasteiger partial charge on any atom is -0.468 e. The summed E-state index contributed by atoms with van der Waals surface area (Å²) in [5.41, 5.74) is -7.41. The highest BCUT2D eigenvalue weighted by molar-refractivity contribution is 6.26. The summed E-state index contributed by atoms with van der Waals surface area (Å²) in [5.74, 6) is -2.81. The Morgan fingerprint density at radius 1 is 1.03 bits per heavy atom. The Hall–Kier alpha value is -2.02. The molecule has 2 bridgehead atoms. The minimum absolute atomic E-state index is 0.0226. The summed E-state index contributed by atoms with van der Waals surface area (Å²) in [5, 5.41) is 11.2. The molecule has 3 saturated carbocycles. The van der Waals surface area contributed by atoms with Crippen LogP contribution >= 0.6 is 0 Å². The van der Waals surface area contributed by atoms with E-state index in [1.807, 2.05) is 20.8 Å². The number of aliphatic hydroxyl groups is 1. The molecule has 3 aliphatic carbocycles. The number of fused-ring (bicyclic) bond motifs is 6. The van der Waals surface area contributed by atoms with Crippen LogP contribution in [-0.2, 0) is 28.7 Å². The molecule has 1 N–H and O–H groups in total. The highest BCUT2D eigenvalue weighted by Gasteiger charge is 2.81. The number of cyclic esters (lactones) is 1. The second-order valence-corrected chi connectivity index (χ2v) is 12.1. The van der Waals surface area contributed by atoms with Crippen molar-refractivity contribution < 1.29 is 33.8 Å². The molecule has 7 unspecified atom stereocenters. The molecule has 0 aromatic heterocycles. The molecule has 0 spiro atoms. The van der Waals surface area contributed by atoms with Gasteiger partial charge in [-0.3, -0.25) is 19.2 Å². The van der Waals surface area contributed by atoms with Gasteiger partial charge in [-0.15, -0.1) is 0 Å². The average Bonchev–Trinajstić information content (AvgIpc) is 2.81. The van der Waals surface area contributed by atoms with Gasteiger partial charge in [-0.2, -0.15) is 0 Å². The molecular formula is C26H36O7. The predicted octanol–water partition coefficient (Wildman–Crippen LogP) is 3.17. The van der Waals surface area contributed by atoms with Crippen molar-refractivity contribution in [1.82, 2.24) is 0 Å². The lowest BCUT2D eigenvalue weighted by Crippen LogP contribution is -2.77. The van der Waals surface area contributed by atoms with E-state index in [0.29, 0.717) is 25.7 Å². The standard InChI is InChI=1S/C26H36O7/c1-14-23(5)13-16-22(4)11-10-17(27)33-21(2,3)15(22)9-12-24(16,6)26(14,20(30)32-8)19(29)25(7,31)18(23)28/h15-16,31H,1,9-13H2,2-8H3. The Morgan fingerprint density at radius 3 is 2.21 bits per heavy atom. The average molecular weight is 461 g/mol. The van der Waals surface area contributed by atoms with E-state index in [4.69, 9.17) is 9.47 Å². The van der Waals surface area contributed by atoms with Crippen molar-refractivity contribution >= 4 is 23.5 Å². The van der Waals surface area contributed by atoms with E-state index < -0.39 is 50.4 Å². The molecule has 1 aliphatic heterocycles. The summed E-state index contributed by atoms with van der Waals surface area (Å²) < 4.78 is 11.1. The van der Waals surface area contributed by atoms with Gasteiger partial charge in [0, 0.05) is 12.3 Å². The second kappa shape index (κ2) is 6.55. The molecule has 182 valence electrons. The first kappa shape index (κ1) is 24.1. The van der Waals surface area contributed by atoms with Crippen LogP contribution in [0.2, 0.25) is 0 Å². The van der Waals surface area contributed by atoms with E-state index in [0.717, 1.165) is 0 Å². The van der Waals surface area contributed by atoms with Crippen LogP contribution in [0, 0.1) is 33.5 Å². The molecule has 4 rings (SSSR count). The minimum atomic E-state index is -2.32. The number of ether oxygens (including phenoxy) is 2. The number of carbonyl (C=O) groups excluding carboxylic acids is 4. The number of carbonyl (C=O) groups is 4. The van der Waals surface area contributed by atoms with Crippen molar-refractivity contribution in [3.8, 4) is 0 Å². The summed E-state index contributed by atoms with van der Waals surface area (Å²) >= 11 is 0. The Morgan fingerprint density at radius 2 is 1.64 bits per heavy atom. The largest absolute Gasteiger partial charge is 0.468 e. The van der Waals surface area contributed by atoms with E-state index in [9.17, 15) is 24.3 Å². The molecule has 33 heavy (non-hydrogen) atoms. The van der Waals surface area contributed by atoms with E-state index in [1.165, 1.54) is 14.0 Å². The second-order valence-electron chi connectivity index (χ2n) is 12.1. The molecule has 4 aliphatic rings. The van der Waals surface area contributed by atoms with Gasteiger partial charge in [0.1, 0.15) is 5.60 Å². The smallest absolute Gasteiger partial charge is 0.324 e. The predicted molar refractivity (Wildman–Crippen MR) is 119 cm³/mol. The molecule has 7 nitrogen and oxygen atoms in total. The van der Waals surface area contributed by atoms with Gasteiger partial charge in [0.25, 0.3) is 0 Å². The molecule has 0 amide bonds. The molecule has 1 saturated heterocycles. The van der Waals surface area contributed by atoms with Crippen molar-refractivity contribution in [2.24, 2.45) is 33.5 Å². The normalized spacial score (nSPS) is 48.8. The van der Waals surface area contributed by atoms with Crippen molar-refractivity contribution in [3.05, 3.63) is 12.2 Å². The number of hydrogen-bond donors (Lipinski definition) is 1. The van der Waals surface area contributed by atoms with Gasteiger partial charge in [0.15, 0.2) is 22.6 Å². The third-order valence-electron chi connectivity index (χ3n) is 10.2. The lowest BCUT2D eigenvalue weighted by molar-refractivity contribution is -0.221. The van der Waals surface area contributed by atoms with Gasteiger partial charge in [0.2, 0.25) is 0 Å². The topological polar surface area (TPSA) is 107 Å². The molecule has 0 aromatic rings. The lowest BCUT2D eigenvalue weighted by atomic mass is 9.31. The number of ketones is 2. The van der Waals surface area contributed by atoms with E-state index in [-0.39, 0.29) is 29.8 Å². The fourth-order valence-corrected chi connectivity index (χ4v) is 8.63. The van der Waals surface area contributed by atoms with Crippen LogP contribution < -0.4 is 0 Å². The van der Waals surface area contributed by atoms with Gasteiger partial charge in [-0.25, -0.2) is 0 Å². The van der Waals surface area contributed by atoms with Gasteiger partial charge in [0.05, 0.1) is 12.5 Å².